The lowest BCUT2D eigenvalue weighted by Crippen LogP contribution is -2.15. The summed E-state index contributed by atoms with van der Waals surface area (Å²) in [4.78, 5) is 20.8. The van der Waals surface area contributed by atoms with Gasteiger partial charge in [-0.05, 0) is 43.2 Å². The molecule has 0 amide bonds. The molecule has 0 radical (unpaired) electrons. The number of H-pyrrole nitrogens is 1. The van der Waals surface area contributed by atoms with Crippen LogP contribution in [-0.4, -0.2) is 26.4 Å². The molecule has 0 aliphatic rings. The fraction of sp³-hybridized carbons (Fsp3) is 0.261. The van der Waals surface area contributed by atoms with Gasteiger partial charge in [-0.15, -0.1) is 0 Å². The summed E-state index contributed by atoms with van der Waals surface area (Å²) in [7, 11) is 0. The monoisotopic (exact) mass is 422 g/mol. The van der Waals surface area contributed by atoms with Gasteiger partial charge in [0, 0.05) is 5.02 Å². The standard InChI is InChI=1S/C23H23ClN4O2/c1-3-7-18-20-21(28(27-18)14-15-10-12-16(24)13-11-15)23(29)26-22(25-20)17-8-5-6-9-19(17)30-4-2/h5-6,8-13H,3-4,7,14H2,1-2H3,(H,25,26,29). The summed E-state index contributed by atoms with van der Waals surface area (Å²) in [5.41, 5.74) is 3.48. The second kappa shape index (κ2) is 8.71. The summed E-state index contributed by atoms with van der Waals surface area (Å²) in [6, 6.07) is 15.1. The van der Waals surface area contributed by atoms with Gasteiger partial charge in [-0.1, -0.05) is 49.2 Å². The van der Waals surface area contributed by atoms with Crippen LogP contribution < -0.4 is 10.3 Å². The Kier molecular flexibility index (Phi) is 5.86. The Morgan fingerprint density at radius 1 is 1.10 bits per heavy atom. The molecule has 0 atom stereocenters. The van der Waals surface area contributed by atoms with E-state index in [9.17, 15) is 4.79 Å². The predicted molar refractivity (Wildman–Crippen MR) is 119 cm³/mol. The van der Waals surface area contributed by atoms with E-state index in [0.29, 0.717) is 40.8 Å². The number of rotatable bonds is 7. The number of nitrogens with one attached hydrogen (secondary N) is 1. The van der Waals surface area contributed by atoms with E-state index in [0.717, 1.165) is 29.7 Å². The molecule has 0 fully saturated rings. The average Bonchev–Trinajstić information content (AvgIpc) is 3.08. The van der Waals surface area contributed by atoms with Crippen molar-refractivity contribution < 1.29 is 4.74 Å². The van der Waals surface area contributed by atoms with Crippen molar-refractivity contribution in [2.24, 2.45) is 0 Å². The Morgan fingerprint density at radius 2 is 1.87 bits per heavy atom. The highest BCUT2D eigenvalue weighted by Gasteiger charge is 2.18. The second-order valence-electron chi connectivity index (χ2n) is 7.02. The number of nitrogens with zero attached hydrogens (tertiary/aromatic N) is 3. The van der Waals surface area contributed by atoms with Gasteiger partial charge in [0.2, 0.25) is 0 Å². The number of aromatic amines is 1. The molecule has 2 aromatic carbocycles. The van der Waals surface area contributed by atoms with Crippen molar-refractivity contribution in [1.29, 1.82) is 0 Å². The number of para-hydroxylation sites is 1. The highest BCUT2D eigenvalue weighted by atomic mass is 35.5. The molecule has 0 saturated carbocycles. The lowest BCUT2D eigenvalue weighted by molar-refractivity contribution is 0.341. The molecule has 0 aliphatic carbocycles. The average molecular weight is 423 g/mol. The lowest BCUT2D eigenvalue weighted by atomic mass is 10.1. The van der Waals surface area contributed by atoms with E-state index in [2.05, 4.69) is 11.9 Å². The van der Waals surface area contributed by atoms with Crippen molar-refractivity contribution in [3.63, 3.8) is 0 Å². The SMILES string of the molecule is CCCc1nn(Cc2ccc(Cl)cc2)c2c(=O)[nH]c(-c3ccccc3OCC)nc12. The van der Waals surface area contributed by atoms with Gasteiger partial charge in [-0.3, -0.25) is 9.48 Å². The molecule has 2 aromatic heterocycles. The van der Waals surface area contributed by atoms with Crippen LogP contribution in [-0.2, 0) is 13.0 Å². The van der Waals surface area contributed by atoms with Crippen LogP contribution in [0.4, 0.5) is 0 Å². The molecule has 7 heteroatoms. The molecule has 4 aromatic rings. The number of aryl methyl sites for hydroxylation is 1. The summed E-state index contributed by atoms with van der Waals surface area (Å²) in [5.74, 6) is 1.17. The summed E-state index contributed by atoms with van der Waals surface area (Å²) in [6.07, 6.45) is 1.65. The zero-order chi connectivity index (χ0) is 21.1. The molecule has 1 N–H and O–H groups in total. The maximum absolute atomic E-state index is 13.1. The van der Waals surface area contributed by atoms with Gasteiger partial charge >= 0.3 is 0 Å². The van der Waals surface area contributed by atoms with Crippen molar-refractivity contribution in [2.75, 3.05) is 6.61 Å². The van der Waals surface area contributed by atoms with Crippen molar-refractivity contribution in [3.8, 4) is 17.1 Å². The van der Waals surface area contributed by atoms with E-state index in [1.54, 1.807) is 4.68 Å². The summed E-state index contributed by atoms with van der Waals surface area (Å²) < 4.78 is 7.45. The first-order valence-electron chi connectivity index (χ1n) is 10.1. The molecule has 0 spiro atoms. The van der Waals surface area contributed by atoms with Crippen LogP contribution in [0.25, 0.3) is 22.4 Å². The third kappa shape index (κ3) is 3.96. The van der Waals surface area contributed by atoms with Gasteiger partial charge in [0.25, 0.3) is 5.56 Å². The fourth-order valence-corrected chi connectivity index (χ4v) is 3.63. The molecule has 0 saturated heterocycles. The molecule has 0 aliphatic heterocycles. The topological polar surface area (TPSA) is 72.8 Å². The summed E-state index contributed by atoms with van der Waals surface area (Å²) >= 11 is 5.99. The molecule has 6 nitrogen and oxygen atoms in total. The van der Waals surface area contributed by atoms with Crippen LogP contribution in [0.5, 0.6) is 5.75 Å². The first kappa shape index (κ1) is 20.2. The lowest BCUT2D eigenvalue weighted by Gasteiger charge is -2.09. The van der Waals surface area contributed by atoms with Crippen LogP contribution in [0.2, 0.25) is 5.02 Å². The van der Waals surface area contributed by atoms with Crippen LogP contribution >= 0.6 is 11.6 Å². The van der Waals surface area contributed by atoms with Crippen molar-refractivity contribution >= 4 is 22.6 Å². The molecule has 2 heterocycles. The Morgan fingerprint density at radius 3 is 2.60 bits per heavy atom. The molecular weight excluding hydrogens is 400 g/mol. The fourth-order valence-electron chi connectivity index (χ4n) is 3.50. The van der Waals surface area contributed by atoms with E-state index in [4.69, 9.17) is 26.4 Å². The van der Waals surface area contributed by atoms with E-state index >= 15 is 0 Å². The number of halogens is 1. The summed E-state index contributed by atoms with van der Waals surface area (Å²) in [6.45, 7) is 5.01. The number of hydrogen-bond acceptors (Lipinski definition) is 4. The van der Waals surface area contributed by atoms with Gasteiger partial charge in [-0.2, -0.15) is 5.10 Å². The minimum Gasteiger partial charge on any atom is -0.493 e. The number of hydrogen-bond donors (Lipinski definition) is 1. The Hall–Kier alpha value is -3.12. The predicted octanol–water partition coefficient (Wildman–Crippen LogP) is 4.84. The smallest absolute Gasteiger partial charge is 0.277 e. The molecule has 0 unspecified atom stereocenters. The van der Waals surface area contributed by atoms with Gasteiger partial charge in [0.1, 0.15) is 17.1 Å². The van der Waals surface area contributed by atoms with E-state index < -0.39 is 0 Å². The molecular formula is C23H23ClN4O2. The van der Waals surface area contributed by atoms with Gasteiger partial charge in [0.05, 0.1) is 24.4 Å². The number of ether oxygens (including phenoxy) is 1. The highest BCUT2D eigenvalue weighted by Crippen LogP contribution is 2.28. The molecule has 30 heavy (non-hydrogen) atoms. The Bertz CT molecular complexity index is 1230. The van der Waals surface area contributed by atoms with Crippen molar-refractivity contribution in [2.45, 2.75) is 33.2 Å². The minimum atomic E-state index is -0.217. The van der Waals surface area contributed by atoms with Gasteiger partial charge < -0.3 is 9.72 Å². The largest absolute Gasteiger partial charge is 0.493 e. The van der Waals surface area contributed by atoms with Gasteiger partial charge in [-0.25, -0.2) is 4.98 Å². The zero-order valence-electron chi connectivity index (χ0n) is 17.0. The van der Waals surface area contributed by atoms with Crippen molar-refractivity contribution in [3.05, 3.63) is 75.2 Å². The quantitative estimate of drug-likeness (QED) is 0.462. The van der Waals surface area contributed by atoms with Gasteiger partial charge in [0.15, 0.2) is 5.52 Å². The minimum absolute atomic E-state index is 0.217. The third-order valence-electron chi connectivity index (χ3n) is 4.84. The Labute approximate surface area is 179 Å². The second-order valence-corrected chi connectivity index (χ2v) is 7.46. The van der Waals surface area contributed by atoms with Crippen LogP contribution in [0.15, 0.2) is 53.3 Å². The number of fused-ring (bicyclic) bond motifs is 1. The van der Waals surface area contributed by atoms with Crippen LogP contribution in [0, 0.1) is 0 Å². The van der Waals surface area contributed by atoms with E-state index in [1.807, 2.05) is 55.5 Å². The number of benzene rings is 2. The van der Waals surface area contributed by atoms with Crippen LogP contribution in [0.1, 0.15) is 31.5 Å². The molecule has 4 rings (SSSR count). The third-order valence-corrected chi connectivity index (χ3v) is 5.09. The van der Waals surface area contributed by atoms with E-state index in [-0.39, 0.29) is 5.56 Å². The summed E-state index contributed by atoms with van der Waals surface area (Å²) in [5, 5.41) is 5.40. The first-order valence-corrected chi connectivity index (χ1v) is 10.4. The Balaban J connectivity index is 1.85. The first-order chi connectivity index (χ1) is 14.6. The zero-order valence-corrected chi connectivity index (χ0v) is 17.7. The van der Waals surface area contributed by atoms with Crippen LogP contribution in [0.3, 0.4) is 0 Å². The maximum Gasteiger partial charge on any atom is 0.277 e. The highest BCUT2D eigenvalue weighted by molar-refractivity contribution is 6.30. The molecule has 0 bridgehead atoms. The van der Waals surface area contributed by atoms with E-state index in [1.165, 1.54) is 0 Å². The number of aromatic nitrogens is 4. The van der Waals surface area contributed by atoms with Crippen molar-refractivity contribution in [1.82, 2.24) is 19.7 Å². The molecule has 154 valence electrons. The normalized spacial score (nSPS) is 11.2. The maximum atomic E-state index is 13.1.